The fraction of sp³-hybridized carbons (Fsp3) is 0.308. The summed E-state index contributed by atoms with van der Waals surface area (Å²) in [7, 11) is 3.41. The summed E-state index contributed by atoms with van der Waals surface area (Å²) < 4.78 is 43.0. The second kappa shape index (κ2) is 5.54. The minimum atomic E-state index is -4.72. The topological polar surface area (TPSA) is 39.1 Å². The SMILES string of the molecule is CNC(c1cnn(C)c1)c1ccccc1OC(F)(F)F. The number of ether oxygens (including phenoxy) is 1. The highest BCUT2D eigenvalue weighted by atomic mass is 19.4. The van der Waals surface area contributed by atoms with Gasteiger partial charge < -0.3 is 10.1 Å². The van der Waals surface area contributed by atoms with E-state index in [-0.39, 0.29) is 5.75 Å². The molecule has 1 atom stereocenters. The Bertz CT molecular complexity index is 580. The van der Waals surface area contributed by atoms with Crippen molar-refractivity contribution in [3.63, 3.8) is 0 Å². The van der Waals surface area contributed by atoms with E-state index in [9.17, 15) is 13.2 Å². The number of nitrogens with one attached hydrogen (secondary N) is 1. The fourth-order valence-electron chi connectivity index (χ4n) is 2.03. The lowest BCUT2D eigenvalue weighted by Gasteiger charge is -2.19. The molecule has 0 aliphatic heterocycles. The Hall–Kier alpha value is -2.02. The zero-order valence-electron chi connectivity index (χ0n) is 11.0. The first kappa shape index (κ1) is 14.4. The number of halogens is 3. The van der Waals surface area contributed by atoms with Crippen molar-refractivity contribution < 1.29 is 17.9 Å². The van der Waals surface area contributed by atoms with Crippen molar-refractivity contribution in [3.05, 3.63) is 47.8 Å². The van der Waals surface area contributed by atoms with Crippen LogP contribution in [-0.4, -0.2) is 23.2 Å². The highest BCUT2D eigenvalue weighted by Gasteiger charge is 2.33. The molecule has 0 bridgehead atoms. The quantitative estimate of drug-likeness (QED) is 0.938. The Morgan fingerprint density at radius 2 is 2.00 bits per heavy atom. The van der Waals surface area contributed by atoms with Gasteiger partial charge in [-0.05, 0) is 13.1 Å². The van der Waals surface area contributed by atoms with Crippen LogP contribution in [0.5, 0.6) is 5.75 Å². The van der Waals surface area contributed by atoms with Gasteiger partial charge in [0.1, 0.15) is 5.75 Å². The van der Waals surface area contributed by atoms with E-state index in [1.54, 1.807) is 43.3 Å². The molecule has 20 heavy (non-hydrogen) atoms. The number of para-hydroxylation sites is 1. The Balaban J connectivity index is 2.39. The van der Waals surface area contributed by atoms with Gasteiger partial charge in [-0.1, -0.05) is 18.2 Å². The molecule has 2 rings (SSSR count). The van der Waals surface area contributed by atoms with E-state index in [0.29, 0.717) is 5.56 Å². The molecule has 1 aromatic heterocycles. The predicted octanol–water partition coefficient (Wildman–Crippen LogP) is 2.63. The molecule has 0 amide bonds. The minimum Gasteiger partial charge on any atom is -0.405 e. The van der Waals surface area contributed by atoms with Gasteiger partial charge in [0.2, 0.25) is 0 Å². The second-order valence-electron chi connectivity index (χ2n) is 4.25. The van der Waals surface area contributed by atoms with E-state index in [0.717, 1.165) is 5.56 Å². The van der Waals surface area contributed by atoms with Crippen molar-refractivity contribution in [2.45, 2.75) is 12.4 Å². The summed E-state index contributed by atoms with van der Waals surface area (Å²) in [4.78, 5) is 0. The van der Waals surface area contributed by atoms with Crippen molar-refractivity contribution >= 4 is 0 Å². The first-order valence-electron chi connectivity index (χ1n) is 5.91. The maximum atomic E-state index is 12.4. The summed E-state index contributed by atoms with van der Waals surface area (Å²) in [6.45, 7) is 0. The molecule has 2 aromatic rings. The van der Waals surface area contributed by atoms with Crippen LogP contribution in [-0.2, 0) is 7.05 Å². The molecule has 4 nitrogen and oxygen atoms in total. The lowest BCUT2D eigenvalue weighted by atomic mass is 10.0. The van der Waals surface area contributed by atoms with E-state index in [2.05, 4.69) is 15.2 Å². The molecule has 0 aliphatic carbocycles. The van der Waals surface area contributed by atoms with Gasteiger partial charge in [-0.15, -0.1) is 13.2 Å². The zero-order valence-corrected chi connectivity index (χ0v) is 11.0. The normalized spacial score (nSPS) is 13.2. The lowest BCUT2D eigenvalue weighted by Crippen LogP contribution is -2.22. The number of aromatic nitrogens is 2. The van der Waals surface area contributed by atoms with Crippen LogP contribution in [0.15, 0.2) is 36.7 Å². The van der Waals surface area contributed by atoms with Crippen LogP contribution < -0.4 is 10.1 Å². The Labute approximate surface area is 114 Å². The van der Waals surface area contributed by atoms with E-state index in [1.165, 1.54) is 12.1 Å². The highest BCUT2D eigenvalue weighted by Crippen LogP contribution is 2.32. The molecular formula is C13H14F3N3O. The Morgan fingerprint density at radius 3 is 2.55 bits per heavy atom. The molecule has 0 saturated heterocycles. The van der Waals surface area contributed by atoms with Crippen molar-refractivity contribution in [1.29, 1.82) is 0 Å². The van der Waals surface area contributed by atoms with Crippen LogP contribution in [0.1, 0.15) is 17.2 Å². The van der Waals surface area contributed by atoms with Crippen molar-refractivity contribution in [2.24, 2.45) is 7.05 Å². The second-order valence-corrected chi connectivity index (χ2v) is 4.25. The van der Waals surface area contributed by atoms with Gasteiger partial charge in [0.15, 0.2) is 0 Å². The number of benzene rings is 1. The maximum absolute atomic E-state index is 12.4. The van der Waals surface area contributed by atoms with Crippen LogP contribution in [0.2, 0.25) is 0 Å². The molecule has 108 valence electrons. The first-order chi connectivity index (χ1) is 9.40. The van der Waals surface area contributed by atoms with E-state index >= 15 is 0 Å². The lowest BCUT2D eigenvalue weighted by molar-refractivity contribution is -0.275. The maximum Gasteiger partial charge on any atom is 0.573 e. The molecule has 0 aliphatic rings. The molecular weight excluding hydrogens is 271 g/mol. The smallest absolute Gasteiger partial charge is 0.405 e. The van der Waals surface area contributed by atoms with Gasteiger partial charge in [0.25, 0.3) is 0 Å². The van der Waals surface area contributed by atoms with Gasteiger partial charge >= 0.3 is 6.36 Å². The number of alkyl halides is 3. The largest absolute Gasteiger partial charge is 0.573 e. The Morgan fingerprint density at radius 1 is 1.30 bits per heavy atom. The third-order valence-electron chi connectivity index (χ3n) is 2.80. The van der Waals surface area contributed by atoms with Crippen molar-refractivity contribution in [1.82, 2.24) is 15.1 Å². The predicted molar refractivity (Wildman–Crippen MR) is 67.2 cm³/mol. The van der Waals surface area contributed by atoms with E-state index < -0.39 is 12.4 Å². The third kappa shape index (κ3) is 3.30. The summed E-state index contributed by atoms with van der Waals surface area (Å²) in [6.07, 6.45) is -1.37. The average Bonchev–Trinajstić information content (AvgIpc) is 2.77. The standard InChI is InChI=1S/C13H14F3N3O/c1-17-12(9-7-18-19(2)8-9)10-5-3-4-6-11(10)20-13(14,15)16/h3-8,12,17H,1-2H3. The number of nitrogens with zero attached hydrogens (tertiary/aromatic N) is 2. The fourth-order valence-corrected chi connectivity index (χ4v) is 2.03. The van der Waals surface area contributed by atoms with Gasteiger partial charge in [0, 0.05) is 24.4 Å². The van der Waals surface area contributed by atoms with Crippen molar-refractivity contribution in [2.75, 3.05) is 7.05 Å². The van der Waals surface area contributed by atoms with Gasteiger partial charge in [-0.2, -0.15) is 5.10 Å². The van der Waals surface area contributed by atoms with Crippen LogP contribution in [0.25, 0.3) is 0 Å². The number of aryl methyl sites for hydroxylation is 1. The molecule has 0 radical (unpaired) electrons. The molecule has 7 heteroatoms. The molecule has 0 fully saturated rings. The van der Waals surface area contributed by atoms with Crippen molar-refractivity contribution in [3.8, 4) is 5.75 Å². The molecule has 1 N–H and O–H groups in total. The van der Waals surface area contributed by atoms with Crippen LogP contribution in [0.3, 0.4) is 0 Å². The molecule has 0 spiro atoms. The average molecular weight is 285 g/mol. The number of hydrogen-bond acceptors (Lipinski definition) is 3. The van der Waals surface area contributed by atoms with E-state index in [1.807, 2.05) is 0 Å². The minimum absolute atomic E-state index is 0.219. The van der Waals surface area contributed by atoms with Gasteiger partial charge in [0.05, 0.1) is 12.2 Å². The Kier molecular flexibility index (Phi) is 3.99. The first-order valence-corrected chi connectivity index (χ1v) is 5.91. The van der Waals surface area contributed by atoms with Crippen LogP contribution >= 0.6 is 0 Å². The number of hydrogen-bond donors (Lipinski definition) is 1. The summed E-state index contributed by atoms with van der Waals surface area (Å²) >= 11 is 0. The van der Waals surface area contributed by atoms with Crippen LogP contribution in [0, 0.1) is 0 Å². The highest BCUT2D eigenvalue weighted by molar-refractivity contribution is 5.40. The third-order valence-corrected chi connectivity index (χ3v) is 2.80. The number of rotatable bonds is 4. The van der Waals surface area contributed by atoms with E-state index in [4.69, 9.17) is 0 Å². The van der Waals surface area contributed by atoms with Gasteiger partial charge in [-0.3, -0.25) is 4.68 Å². The van der Waals surface area contributed by atoms with Crippen LogP contribution in [0.4, 0.5) is 13.2 Å². The molecule has 0 saturated carbocycles. The van der Waals surface area contributed by atoms with Gasteiger partial charge in [-0.25, -0.2) is 0 Å². The summed E-state index contributed by atoms with van der Waals surface area (Å²) in [6, 6.07) is 5.63. The monoisotopic (exact) mass is 285 g/mol. The summed E-state index contributed by atoms with van der Waals surface area (Å²) in [5, 5.41) is 7.00. The summed E-state index contributed by atoms with van der Waals surface area (Å²) in [5.41, 5.74) is 1.16. The zero-order chi connectivity index (χ0) is 14.8. The molecule has 1 aromatic carbocycles. The summed E-state index contributed by atoms with van der Waals surface area (Å²) in [5.74, 6) is -0.219. The molecule has 1 unspecified atom stereocenters. The molecule has 1 heterocycles.